The van der Waals surface area contributed by atoms with E-state index in [2.05, 4.69) is 30.7 Å². The van der Waals surface area contributed by atoms with E-state index in [0.29, 0.717) is 11.4 Å². The second kappa shape index (κ2) is 4.81. The summed E-state index contributed by atoms with van der Waals surface area (Å²) in [5.41, 5.74) is 2.39. The van der Waals surface area contributed by atoms with Crippen molar-refractivity contribution in [2.75, 3.05) is 0 Å². The highest BCUT2D eigenvalue weighted by molar-refractivity contribution is 6.08. The minimum Gasteiger partial charge on any atom is -0.296 e. The molecule has 0 atom stereocenters. The Balaban J connectivity index is 2.28. The van der Waals surface area contributed by atoms with Crippen LogP contribution in [0.25, 0.3) is 5.65 Å². The molecule has 3 aromatic heterocycles. The smallest absolute Gasteiger partial charge is 0.229 e. The number of hydrogen-bond donors (Lipinski definition) is 0. The summed E-state index contributed by atoms with van der Waals surface area (Å²) in [6.45, 7) is 6.18. The standard InChI is InChI=1S/C17H17N3O/c1-17(2,3)16-14(15(21)12-8-4-6-10-18-12)20-11-7-5-9-13(20)19-16/h4-11H,1-3H3. The molecule has 0 radical (unpaired) electrons. The second-order valence-corrected chi connectivity index (χ2v) is 6.03. The summed E-state index contributed by atoms with van der Waals surface area (Å²) < 4.78 is 1.84. The van der Waals surface area contributed by atoms with Gasteiger partial charge in [0.1, 0.15) is 17.0 Å². The lowest BCUT2D eigenvalue weighted by Crippen LogP contribution is -2.19. The molecular formula is C17H17N3O. The summed E-state index contributed by atoms with van der Waals surface area (Å²) in [4.78, 5) is 21.7. The fourth-order valence-corrected chi connectivity index (χ4v) is 2.35. The van der Waals surface area contributed by atoms with Crippen LogP contribution >= 0.6 is 0 Å². The normalized spacial score (nSPS) is 11.8. The number of fused-ring (bicyclic) bond motifs is 1. The number of hydrogen-bond acceptors (Lipinski definition) is 3. The second-order valence-electron chi connectivity index (χ2n) is 6.03. The lowest BCUT2D eigenvalue weighted by molar-refractivity contribution is 0.102. The molecule has 21 heavy (non-hydrogen) atoms. The first-order valence-electron chi connectivity index (χ1n) is 6.92. The quantitative estimate of drug-likeness (QED) is 0.676. The molecule has 0 fully saturated rings. The fraction of sp³-hybridized carbons (Fsp3) is 0.235. The lowest BCUT2D eigenvalue weighted by Gasteiger charge is -2.17. The first-order valence-corrected chi connectivity index (χ1v) is 6.92. The predicted molar refractivity (Wildman–Crippen MR) is 81.6 cm³/mol. The van der Waals surface area contributed by atoms with E-state index >= 15 is 0 Å². The van der Waals surface area contributed by atoms with Gasteiger partial charge >= 0.3 is 0 Å². The minimum atomic E-state index is -0.216. The van der Waals surface area contributed by atoms with E-state index in [9.17, 15) is 4.79 Å². The molecule has 0 aliphatic rings. The van der Waals surface area contributed by atoms with E-state index in [0.717, 1.165) is 11.3 Å². The van der Waals surface area contributed by atoms with Crippen LogP contribution in [-0.2, 0) is 5.41 Å². The highest BCUT2D eigenvalue weighted by Crippen LogP contribution is 2.27. The molecule has 0 saturated carbocycles. The maximum atomic E-state index is 12.9. The number of pyridine rings is 2. The molecule has 0 unspecified atom stereocenters. The molecule has 0 aliphatic carbocycles. The monoisotopic (exact) mass is 279 g/mol. The van der Waals surface area contributed by atoms with Crippen LogP contribution in [-0.4, -0.2) is 20.2 Å². The molecule has 3 aromatic rings. The topological polar surface area (TPSA) is 47.3 Å². The molecule has 4 heteroatoms. The van der Waals surface area contributed by atoms with Crippen molar-refractivity contribution in [2.45, 2.75) is 26.2 Å². The van der Waals surface area contributed by atoms with Gasteiger partial charge in [-0.3, -0.25) is 14.2 Å². The third kappa shape index (κ3) is 2.33. The zero-order chi connectivity index (χ0) is 15.0. The molecule has 0 spiro atoms. The molecule has 3 rings (SSSR count). The average Bonchev–Trinajstić information content (AvgIpc) is 2.87. The number of ketones is 1. The van der Waals surface area contributed by atoms with Crippen molar-refractivity contribution in [3.63, 3.8) is 0 Å². The zero-order valence-electron chi connectivity index (χ0n) is 12.4. The predicted octanol–water partition coefficient (Wildman–Crippen LogP) is 3.26. The van der Waals surface area contributed by atoms with E-state index in [-0.39, 0.29) is 11.2 Å². The van der Waals surface area contributed by atoms with Crippen LogP contribution in [0.15, 0.2) is 48.8 Å². The van der Waals surface area contributed by atoms with E-state index < -0.39 is 0 Å². The molecule has 0 saturated heterocycles. The maximum Gasteiger partial charge on any atom is 0.229 e. The highest BCUT2D eigenvalue weighted by Gasteiger charge is 2.28. The molecule has 0 bridgehead atoms. The number of nitrogens with zero attached hydrogens (tertiary/aromatic N) is 3. The molecular weight excluding hydrogens is 262 g/mol. The van der Waals surface area contributed by atoms with Crippen molar-refractivity contribution in [3.8, 4) is 0 Å². The van der Waals surface area contributed by atoms with Gasteiger partial charge in [-0.2, -0.15) is 0 Å². The SMILES string of the molecule is CC(C)(C)c1nc2ccccn2c1C(=O)c1ccccn1. The third-order valence-electron chi connectivity index (χ3n) is 3.35. The Hall–Kier alpha value is -2.49. The van der Waals surface area contributed by atoms with Gasteiger partial charge in [0.15, 0.2) is 0 Å². The first kappa shape index (κ1) is 13.5. The Morgan fingerprint density at radius 2 is 1.86 bits per heavy atom. The van der Waals surface area contributed by atoms with E-state index in [4.69, 9.17) is 0 Å². The number of aromatic nitrogens is 3. The Labute approximate surface area is 123 Å². The van der Waals surface area contributed by atoms with Crippen LogP contribution in [0.3, 0.4) is 0 Å². The number of carbonyl (C=O) groups excluding carboxylic acids is 1. The largest absolute Gasteiger partial charge is 0.296 e. The van der Waals surface area contributed by atoms with Gasteiger partial charge in [0, 0.05) is 17.8 Å². The molecule has 106 valence electrons. The van der Waals surface area contributed by atoms with Crippen LogP contribution in [0.1, 0.15) is 42.6 Å². The summed E-state index contributed by atoms with van der Waals surface area (Å²) in [6.07, 6.45) is 3.50. The average molecular weight is 279 g/mol. The number of rotatable bonds is 2. The fourth-order valence-electron chi connectivity index (χ4n) is 2.35. The molecule has 4 nitrogen and oxygen atoms in total. The Morgan fingerprint density at radius 1 is 1.10 bits per heavy atom. The molecule has 3 heterocycles. The van der Waals surface area contributed by atoms with Crippen molar-refractivity contribution in [1.29, 1.82) is 0 Å². The van der Waals surface area contributed by atoms with Crippen LogP contribution in [0.2, 0.25) is 0 Å². The summed E-state index contributed by atoms with van der Waals surface area (Å²) in [6, 6.07) is 11.1. The van der Waals surface area contributed by atoms with Gasteiger partial charge in [-0.25, -0.2) is 4.98 Å². The van der Waals surface area contributed by atoms with Crippen LogP contribution in [0.4, 0.5) is 0 Å². The van der Waals surface area contributed by atoms with Gasteiger partial charge in [0.05, 0.1) is 5.69 Å². The maximum absolute atomic E-state index is 12.9. The summed E-state index contributed by atoms with van der Waals surface area (Å²) in [5.74, 6) is -0.0979. The van der Waals surface area contributed by atoms with Gasteiger partial charge < -0.3 is 0 Å². The van der Waals surface area contributed by atoms with Crippen molar-refractivity contribution in [2.24, 2.45) is 0 Å². The Bertz CT molecular complexity index is 798. The lowest BCUT2D eigenvalue weighted by atomic mass is 9.89. The van der Waals surface area contributed by atoms with E-state index in [1.54, 1.807) is 18.3 Å². The number of imidazole rings is 1. The van der Waals surface area contributed by atoms with Gasteiger partial charge in [0.2, 0.25) is 5.78 Å². The van der Waals surface area contributed by atoms with E-state index in [1.807, 2.05) is 34.9 Å². The summed E-state index contributed by atoms with van der Waals surface area (Å²) in [5, 5.41) is 0. The summed E-state index contributed by atoms with van der Waals surface area (Å²) in [7, 11) is 0. The van der Waals surface area contributed by atoms with Crippen molar-refractivity contribution < 1.29 is 4.79 Å². The van der Waals surface area contributed by atoms with Crippen molar-refractivity contribution >= 4 is 11.4 Å². The van der Waals surface area contributed by atoms with Crippen molar-refractivity contribution in [1.82, 2.24) is 14.4 Å². The van der Waals surface area contributed by atoms with Crippen LogP contribution in [0, 0.1) is 0 Å². The minimum absolute atomic E-state index is 0.0979. The van der Waals surface area contributed by atoms with Gasteiger partial charge in [-0.05, 0) is 24.3 Å². The van der Waals surface area contributed by atoms with Gasteiger partial charge in [-0.1, -0.05) is 32.9 Å². The highest BCUT2D eigenvalue weighted by atomic mass is 16.1. The molecule has 0 aromatic carbocycles. The zero-order valence-corrected chi connectivity index (χ0v) is 12.4. The summed E-state index contributed by atoms with van der Waals surface area (Å²) >= 11 is 0. The molecule has 0 amide bonds. The first-order chi connectivity index (χ1) is 9.98. The van der Waals surface area contributed by atoms with E-state index in [1.165, 1.54) is 0 Å². The van der Waals surface area contributed by atoms with Crippen LogP contribution < -0.4 is 0 Å². The number of carbonyl (C=O) groups is 1. The third-order valence-corrected chi connectivity index (χ3v) is 3.35. The molecule has 0 aliphatic heterocycles. The molecule has 0 N–H and O–H groups in total. The van der Waals surface area contributed by atoms with Gasteiger partial charge in [-0.15, -0.1) is 0 Å². The Kier molecular flexibility index (Phi) is 3.09. The van der Waals surface area contributed by atoms with Gasteiger partial charge in [0.25, 0.3) is 0 Å². The van der Waals surface area contributed by atoms with Crippen LogP contribution in [0.5, 0.6) is 0 Å². The Morgan fingerprint density at radius 3 is 2.52 bits per heavy atom. The van der Waals surface area contributed by atoms with Crippen molar-refractivity contribution in [3.05, 3.63) is 65.9 Å².